The van der Waals surface area contributed by atoms with Crippen LogP contribution in [-0.2, 0) is 33.7 Å². The standard InChI is InChI=1S/C36H43N5O6S/c1-36(2,3)32(41-34(44)46-4)33(43)40-30(19-24-10-6-5-7-11-24)31(42)20-27(39-35(45)47-22-28-21-37-23-48-28)18-25-13-15-26(16-14-25)29-12-8-9-17-38-29/h5-17,21,23,27,30-32,42H,18-20,22H2,1-4H3,(H,39,45)(H,40,43)(H,41,44)/t27-,30-,31-,32+/m0/s1. The monoisotopic (exact) mass is 673 g/mol. The molecule has 0 fully saturated rings. The maximum Gasteiger partial charge on any atom is 0.407 e. The zero-order valence-corrected chi connectivity index (χ0v) is 28.4. The van der Waals surface area contributed by atoms with Crippen molar-refractivity contribution in [2.75, 3.05) is 7.11 Å². The Labute approximate surface area is 285 Å². The van der Waals surface area contributed by atoms with Crippen molar-refractivity contribution in [1.82, 2.24) is 25.9 Å². The van der Waals surface area contributed by atoms with E-state index in [9.17, 15) is 19.5 Å². The maximum atomic E-state index is 13.7. The van der Waals surface area contributed by atoms with Gasteiger partial charge in [0.25, 0.3) is 0 Å². The van der Waals surface area contributed by atoms with E-state index in [1.807, 2.05) is 93.6 Å². The van der Waals surface area contributed by atoms with Crippen LogP contribution in [0.4, 0.5) is 9.59 Å². The Bertz CT molecular complexity index is 1580. The number of aromatic nitrogens is 2. The second kappa shape index (κ2) is 17.4. The number of benzene rings is 2. The first kappa shape index (κ1) is 36.0. The molecule has 3 amide bonds. The van der Waals surface area contributed by atoms with Crippen LogP contribution < -0.4 is 16.0 Å². The Hall–Kier alpha value is -4.81. The van der Waals surface area contributed by atoms with Crippen molar-refractivity contribution in [2.45, 2.75) is 70.9 Å². The highest BCUT2D eigenvalue weighted by atomic mass is 32.1. The first-order valence-corrected chi connectivity index (χ1v) is 16.6. The SMILES string of the molecule is COC(=O)N[C@H](C(=O)N[C@@H](Cc1ccccc1)[C@@H](O)C[C@H](Cc1ccc(-c2ccccn2)cc1)NC(=O)OCc1cncs1)C(C)(C)C. The summed E-state index contributed by atoms with van der Waals surface area (Å²) in [4.78, 5) is 48.0. The van der Waals surface area contributed by atoms with Crippen molar-refractivity contribution in [2.24, 2.45) is 5.41 Å². The van der Waals surface area contributed by atoms with Gasteiger partial charge < -0.3 is 30.5 Å². The molecule has 0 aliphatic heterocycles. The minimum atomic E-state index is -1.09. The Morgan fingerprint density at radius 1 is 0.875 bits per heavy atom. The first-order valence-electron chi connectivity index (χ1n) is 15.7. The first-order chi connectivity index (χ1) is 23.0. The number of hydrogen-bond donors (Lipinski definition) is 4. The van der Waals surface area contributed by atoms with Gasteiger partial charge in [-0.05, 0) is 47.9 Å². The molecule has 4 N–H and O–H groups in total. The van der Waals surface area contributed by atoms with E-state index in [1.165, 1.54) is 18.4 Å². The van der Waals surface area contributed by atoms with Gasteiger partial charge in [-0.3, -0.25) is 14.8 Å². The molecule has 0 saturated heterocycles. The van der Waals surface area contributed by atoms with Gasteiger partial charge in [0.15, 0.2) is 0 Å². The van der Waals surface area contributed by atoms with Gasteiger partial charge in [-0.25, -0.2) is 9.59 Å². The molecule has 254 valence electrons. The summed E-state index contributed by atoms with van der Waals surface area (Å²) in [5, 5.41) is 20.3. The molecule has 2 aromatic carbocycles. The lowest BCUT2D eigenvalue weighted by molar-refractivity contribution is -0.127. The molecule has 2 heterocycles. The third-order valence-corrected chi connectivity index (χ3v) is 8.49. The molecule has 2 aromatic heterocycles. The number of alkyl carbamates (subject to hydrolysis) is 2. The van der Waals surface area contributed by atoms with Crippen LogP contribution in [0.25, 0.3) is 11.3 Å². The predicted octanol–water partition coefficient (Wildman–Crippen LogP) is 5.29. The van der Waals surface area contributed by atoms with Crippen molar-refractivity contribution in [3.05, 3.63) is 107 Å². The van der Waals surface area contributed by atoms with Gasteiger partial charge in [0.05, 0.1) is 35.3 Å². The summed E-state index contributed by atoms with van der Waals surface area (Å²) in [6.07, 6.45) is 1.71. The van der Waals surface area contributed by atoms with E-state index < -0.39 is 47.7 Å². The molecule has 0 aliphatic rings. The van der Waals surface area contributed by atoms with Gasteiger partial charge in [0.2, 0.25) is 5.91 Å². The average Bonchev–Trinajstić information content (AvgIpc) is 3.60. The average molecular weight is 674 g/mol. The third-order valence-electron chi connectivity index (χ3n) is 7.74. The fraction of sp³-hybridized carbons (Fsp3) is 0.361. The fourth-order valence-electron chi connectivity index (χ4n) is 5.21. The number of hydrogen-bond acceptors (Lipinski definition) is 9. The van der Waals surface area contributed by atoms with E-state index in [1.54, 1.807) is 17.9 Å². The van der Waals surface area contributed by atoms with Crippen LogP contribution in [-0.4, -0.2) is 64.5 Å². The summed E-state index contributed by atoms with van der Waals surface area (Å²) in [7, 11) is 1.23. The molecule has 4 atom stereocenters. The Balaban J connectivity index is 1.55. The van der Waals surface area contributed by atoms with E-state index in [0.717, 1.165) is 27.3 Å². The van der Waals surface area contributed by atoms with E-state index in [-0.39, 0.29) is 13.0 Å². The number of ether oxygens (including phenoxy) is 2. The summed E-state index contributed by atoms with van der Waals surface area (Å²) < 4.78 is 10.2. The summed E-state index contributed by atoms with van der Waals surface area (Å²) in [5.74, 6) is -0.466. The molecule has 0 bridgehead atoms. The number of pyridine rings is 1. The molecule has 11 nitrogen and oxygen atoms in total. The number of methoxy groups -OCH3 is 1. The Morgan fingerprint density at radius 2 is 1.58 bits per heavy atom. The van der Waals surface area contributed by atoms with E-state index in [2.05, 4.69) is 25.9 Å². The zero-order chi connectivity index (χ0) is 34.5. The van der Waals surface area contributed by atoms with Crippen LogP contribution in [0.15, 0.2) is 90.7 Å². The summed E-state index contributed by atoms with van der Waals surface area (Å²) >= 11 is 1.38. The molecule has 4 rings (SSSR count). The predicted molar refractivity (Wildman–Crippen MR) is 184 cm³/mol. The molecule has 0 radical (unpaired) electrons. The summed E-state index contributed by atoms with van der Waals surface area (Å²) in [5.41, 5.74) is 4.62. The quantitative estimate of drug-likeness (QED) is 0.141. The topological polar surface area (TPSA) is 152 Å². The molecule has 12 heteroatoms. The molecular weight excluding hydrogens is 630 g/mol. The van der Waals surface area contributed by atoms with Gasteiger partial charge in [-0.1, -0.05) is 81.4 Å². The van der Waals surface area contributed by atoms with Crippen LogP contribution in [0, 0.1) is 5.41 Å². The van der Waals surface area contributed by atoms with Gasteiger partial charge in [-0.2, -0.15) is 0 Å². The number of aliphatic hydroxyl groups is 1. The van der Waals surface area contributed by atoms with Crippen LogP contribution in [0.1, 0.15) is 43.2 Å². The number of carbonyl (C=O) groups excluding carboxylic acids is 3. The Kier molecular flexibility index (Phi) is 13.0. The van der Waals surface area contributed by atoms with Crippen molar-refractivity contribution < 1.29 is 29.0 Å². The number of aliphatic hydroxyl groups excluding tert-OH is 1. The highest BCUT2D eigenvalue weighted by Crippen LogP contribution is 2.22. The Morgan fingerprint density at radius 3 is 2.21 bits per heavy atom. The minimum Gasteiger partial charge on any atom is -0.453 e. The number of nitrogens with zero attached hydrogens (tertiary/aromatic N) is 2. The number of nitrogens with one attached hydrogen (secondary N) is 3. The lowest BCUT2D eigenvalue weighted by Gasteiger charge is -2.33. The van der Waals surface area contributed by atoms with Crippen molar-refractivity contribution in [3.8, 4) is 11.3 Å². The normalized spacial score (nSPS) is 13.8. The molecule has 0 unspecified atom stereocenters. The maximum absolute atomic E-state index is 13.7. The number of rotatable bonds is 14. The molecule has 0 spiro atoms. The second-order valence-electron chi connectivity index (χ2n) is 12.5. The van der Waals surface area contributed by atoms with Crippen LogP contribution >= 0.6 is 11.3 Å². The fourth-order valence-corrected chi connectivity index (χ4v) is 5.71. The summed E-state index contributed by atoms with van der Waals surface area (Å²) in [6, 6.07) is 20.8. The van der Waals surface area contributed by atoms with Crippen molar-refractivity contribution >= 4 is 29.4 Å². The molecule has 0 saturated carbocycles. The number of thiazole rings is 1. The van der Waals surface area contributed by atoms with Gasteiger partial charge >= 0.3 is 12.2 Å². The van der Waals surface area contributed by atoms with Gasteiger partial charge in [0, 0.05) is 24.0 Å². The lowest BCUT2D eigenvalue weighted by atomic mass is 9.85. The highest BCUT2D eigenvalue weighted by Gasteiger charge is 2.36. The highest BCUT2D eigenvalue weighted by molar-refractivity contribution is 7.09. The van der Waals surface area contributed by atoms with E-state index >= 15 is 0 Å². The minimum absolute atomic E-state index is 0.0681. The van der Waals surface area contributed by atoms with Crippen LogP contribution in [0.3, 0.4) is 0 Å². The van der Waals surface area contributed by atoms with E-state index in [0.29, 0.717) is 12.8 Å². The molecule has 4 aromatic rings. The smallest absolute Gasteiger partial charge is 0.407 e. The van der Waals surface area contributed by atoms with Crippen molar-refractivity contribution in [1.29, 1.82) is 0 Å². The van der Waals surface area contributed by atoms with Crippen LogP contribution in [0.5, 0.6) is 0 Å². The summed E-state index contributed by atoms with van der Waals surface area (Å²) in [6.45, 7) is 5.55. The second-order valence-corrected chi connectivity index (χ2v) is 13.5. The number of amides is 3. The molecule has 48 heavy (non-hydrogen) atoms. The zero-order valence-electron chi connectivity index (χ0n) is 27.6. The largest absolute Gasteiger partial charge is 0.453 e. The van der Waals surface area contributed by atoms with E-state index in [4.69, 9.17) is 9.47 Å². The van der Waals surface area contributed by atoms with Crippen LogP contribution in [0.2, 0.25) is 0 Å². The third kappa shape index (κ3) is 11.2. The number of carbonyl (C=O) groups is 3. The van der Waals surface area contributed by atoms with Gasteiger partial charge in [0.1, 0.15) is 12.6 Å². The lowest BCUT2D eigenvalue weighted by Crippen LogP contribution is -2.58. The van der Waals surface area contributed by atoms with Crippen molar-refractivity contribution in [3.63, 3.8) is 0 Å². The molecular formula is C36H43N5O6S. The molecule has 0 aliphatic carbocycles. The van der Waals surface area contributed by atoms with Gasteiger partial charge in [-0.15, -0.1) is 11.3 Å².